The quantitative estimate of drug-likeness (QED) is 0.166. The second kappa shape index (κ2) is 10.1. The van der Waals surface area contributed by atoms with Crippen molar-refractivity contribution >= 4 is 64.6 Å². The van der Waals surface area contributed by atoms with Crippen molar-refractivity contribution in [3.63, 3.8) is 0 Å². The number of fused-ring (bicyclic) bond motifs is 8. The number of hydrogen-bond donors (Lipinski definition) is 0. The lowest BCUT2D eigenvalue weighted by molar-refractivity contribution is 1.57. The summed E-state index contributed by atoms with van der Waals surface area (Å²) in [6.07, 6.45) is 0. The molecule has 1 aliphatic rings. The van der Waals surface area contributed by atoms with Crippen LogP contribution in [0.25, 0.3) is 109 Å². The van der Waals surface area contributed by atoms with E-state index in [0.717, 1.165) is 0 Å². The molecule has 0 radical (unpaired) electrons. The van der Waals surface area contributed by atoms with Gasteiger partial charge in [0.05, 0.1) is 0 Å². The highest BCUT2D eigenvalue weighted by atomic mass is 14.3. The van der Waals surface area contributed by atoms with Crippen LogP contribution in [-0.4, -0.2) is 0 Å². The van der Waals surface area contributed by atoms with E-state index in [9.17, 15) is 0 Å². The van der Waals surface area contributed by atoms with Crippen LogP contribution < -0.4 is 0 Å². The van der Waals surface area contributed by atoms with Crippen molar-refractivity contribution in [3.8, 4) is 44.5 Å². The first kappa shape index (κ1) is 27.7. The van der Waals surface area contributed by atoms with Crippen molar-refractivity contribution in [1.29, 1.82) is 0 Å². The van der Waals surface area contributed by atoms with Gasteiger partial charge < -0.3 is 0 Å². The maximum atomic E-state index is 2.42. The van der Waals surface area contributed by atoms with Gasteiger partial charge in [-0.25, -0.2) is 0 Å². The molecule has 1 aliphatic carbocycles. The molecule has 10 aromatic rings. The van der Waals surface area contributed by atoms with Gasteiger partial charge in [0.1, 0.15) is 0 Å². The van der Waals surface area contributed by atoms with Crippen molar-refractivity contribution < 1.29 is 0 Å². The minimum Gasteiger partial charge on any atom is -0.0616 e. The van der Waals surface area contributed by atoms with Gasteiger partial charge in [0.2, 0.25) is 0 Å². The summed E-state index contributed by atoms with van der Waals surface area (Å²) in [5.74, 6) is 0. The SMILES string of the molecule is Cc1c2ccccc2cc2c(-c3c4c(c(-c5cccc6c(C)c7ccccc7cc56)c5ccccc35)-c3cccc5cccc-4c35)cccc12. The summed E-state index contributed by atoms with van der Waals surface area (Å²) in [5.41, 5.74) is 13.2. The molecule has 232 valence electrons. The molecule has 0 nitrogen and oxygen atoms in total. The van der Waals surface area contributed by atoms with Crippen molar-refractivity contribution in [3.05, 3.63) is 169 Å². The Morgan fingerprint density at radius 1 is 0.260 bits per heavy atom. The molecule has 0 heteroatoms. The molecule has 0 aromatic heterocycles. The van der Waals surface area contributed by atoms with Crippen LogP contribution in [0.4, 0.5) is 0 Å². The molecule has 0 heterocycles. The summed E-state index contributed by atoms with van der Waals surface area (Å²) in [6, 6.07) is 59.2. The maximum absolute atomic E-state index is 2.42. The number of benzene rings is 10. The highest BCUT2D eigenvalue weighted by Gasteiger charge is 2.31. The van der Waals surface area contributed by atoms with Crippen molar-refractivity contribution in [2.45, 2.75) is 13.8 Å². The van der Waals surface area contributed by atoms with Gasteiger partial charge in [-0.05, 0) is 146 Å². The fourth-order valence-corrected chi connectivity index (χ4v) is 9.36. The summed E-state index contributed by atoms with van der Waals surface area (Å²) in [7, 11) is 0. The molecule has 0 N–H and O–H groups in total. The lowest BCUT2D eigenvalue weighted by Gasteiger charge is -2.23. The fourth-order valence-electron chi connectivity index (χ4n) is 9.36. The van der Waals surface area contributed by atoms with Gasteiger partial charge in [-0.1, -0.05) is 146 Å². The standard InChI is InChI=1S/C50H32/c1-29-34-17-5-3-13-32(34)27-44-36(29)21-11-23-40(44)47-38-19-7-8-20-39(38)48(50-43-26-10-16-31-15-9-25-42(46(31)43)49(47)50)41-24-12-22-37-30(2)35-18-6-4-14-33(35)28-45(37)41/h3-28H,1-2H3. The first-order valence-corrected chi connectivity index (χ1v) is 17.6. The molecule has 0 saturated heterocycles. The van der Waals surface area contributed by atoms with Crippen molar-refractivity contribution in [1.82, 2.24) is 0 Å². The van der Waals surface area contributed by atoms with Crippen LogP contribution in [0.1, 0.15) is 11.1 Å². The number of hydrogen-bond acceptors (Lipinski definition) is 0. The van der Waals surface area contributed by atoms with E-state index in [0.29, 0.717) is 0 Å². The second-order valence-corrected chi connectivity index (χ2v) is 14.0. The zero-order valence-corrected chi connectivity index (χ0v) is 28.0. The molecule has 10 aromatic carbocycles. The fraction of sp³-hybridized carbons (Fsp3) is 0.0400. The third-order valence-corrected chi connectivity index (χ3v) is 11.5. The van der Waals surface area contributed by atoms with E-state index in [-0.39, 0.29) is 0 Å². The van der Waals surface area contributed by atoms with Crippen LogP contribution in [0.15, 0.2) is 158 Å². The van der Waals surface area contributed by atoms with Gasteiger partial charge in [-0.3, -0.25) is 0 Å². The Morgan fingerprint density at radius 2 is 0.620 bits per heavy atom. The van der Waals surface area contributed by atoms with E-state index in [1.165, 1.54) is 120 Å². The Bertz CT molecular complexity index is 2900. The monoisotopic (exact) mass is 632 g/mol. The van der Waals surface area contributed by atoms with E-state index in [2.05, 4.69) is 172 Å². The predicted molar refractivity (Wildman–Crippen MR) is 216 cm³/mol. The van der Waals surface area contributed by atoms with Gasteiger partial charge in [-0.2, -0.15) is 0 Å². The molecule has 11 rings (SSSR count). The lowest BCUT2D eigenvalue weighted by Crippen LogP contribution is -1.96. The molecule has 0 bridgehead atoms. The molecule has 0 fully saturated rings. The predicted octanol–water partition coefficient (Wildman–Crippen LogP) is 14.2. The average Bonchev–Trinajstić information content (AvgIpc) is 3.49. The van der Waals surface area contributed by atoms with Crippen LogP contribution in [0.2, 0.25) is 0 Å². The maximum Gasteiger partial charge on any atom is -0.000719 e. The Balaban J connectivity index is 1.37. The second-order valence-electron chi connectivity index (χ2n) is 14.0. The summed E-state index contributed by atoms with van der Waals surface area (Å²) in [4.78, 5) is 0. The Morgan fingerprint density at radius 3 is 1.10 bits per heavy atom. The highest BCUT2D eigenvalue weighted by molar-refractivity contribution is 6.30. The molecule has 50 heavy (non-hydrogen) atoms. The molecule has 0 amide bonds. The van der Waals surface area contributed by atoms with E-state index >= 15 is 0 Å². The molecule has 0 aliphatic heterocycles. The Hall–Kier alpha value is -6.24. The Kier molecular flexibility index (Phi) is 5.61. The van der Waals surface area contributed by atoms with Gasteiger partial charge in [-0.15, -0.1) is 0 Å². The third-order valence-electron chi connectivity index (χ3n) is 11.5. The lowest BCUT2D eigenvalue weighted by atomic mass is 9.80. The molecule has 0 unspecified atom stereocenters. The molecular formula is C50H32. The zero-order chi connectivity index (χ0) is 33.1. The first-order valence-electron chi connectivity index (χ1n) is 17.6. The summed E-state index contributed by atoms with van der Waals surface area (Å²) in [5, 5.41) is 15.7. The molecular weight excluding hydrogens is 601 g/mol. The van der Waals surface area contributed by atoms with Crippen LogP contribution in [0.5, 0.6) is 0 Å². The van der Waals surface area contributed by atoms with Gasteiger partial charge in [0, 0.05) is 0 Å². The molecule has 0 atom stereocenters. The van der Waals surface area contributed by atoms with Crippen LogP contribution in [0, 0.1) is 13.8 Å². The first-order chi connectivity index (χ1) is 24.7. The van der Waals surface area contributed by atoms with Crippen LogP contribution in [0.3, 0.4) is 0 Å². The third kappa shape index (κ3) is 3.60. The minimum absolute atomic E-state index is 1.28. The van der Waals surface area contributed by atoms with Crippen molar-refractivity contribution in [2.24, 2.45) is 0 Å². The highest BCUT2D eigenvalue weighted by Crippen LogP contribution is 2.59. The van der Waals surface area contributed by atoms with Gasteiger partial charge in [0.15, 0.2) is 0 Å². The largest absolute Gasteiger partial charge is 0.0616 e. The van der Waals surface area contributed by atoms with E-state index in [1.54, 1.807) is 0 Å². The summed E-state index contributed by atoms with van der Waals surface area (Å²) in [6.45, 7) is 4.56. The van der Waals surface area contributed by atoms with E-state index < -0.39 is 0 Å². The zero-order valence-electron chi connectivity index (χ0n) is 28.0. The number of aryl methyl sites for hydroxylation is 2. The van der Waals surface area contributed by atoms with E-state index in [1.807, 2.05) is 0 Å². The summed E-state index contributed by atoms with van der Waals surface area (Å²) < 4.78 is 0. The van der Waals surface area contributed by atoms with Crippen LogP contribution >= 0.6 is 0 Å². The Labute approximate surface area is 290 Å². The van der Waals surface area contributed by atoms with Gasteiger partial charge >= 0.3 is 0 Å². The van der Waals surface area contributed by atoms with Gasteiger partial charge in [0.25, 0.3) is 0 Å². The molecule has 0 saturated carbocycles. The normalized spacial score (nSPS) is 12.2. The number of rotatable bonds is 2. The average molecular weight is 633 g/mol. The minimum atomic E-state index is 1.28. The molecule has 0 spiro atoms. The van der Waals surface area contributed by atoms with Crippen molar-refractivity contribution in [2.75, 3.05) is 0 Å². The van der Waals surface area contributed by atoms with Crippen LogP contribution in [-0.2, 0) is 0 Å². The summed E-state index contributed by atoms with van der Waals surface area (Å²) >= 11 is 0. The van der Waals surface area contributed by atoms with E-state index in [4.69, 9.17) is 0 Å². The topological polar surface area (TPSA) is 0 Å². The smallest absolute Gasteiger partial charge is 0.000719 e.